The topological polar surface area (TPSA) is 123 Å². The van der Waals surface area contributed by atoms with Crippen LogP contribution in [0, 0.1) is 0 Å². The molecule has 12 heavy (non-hydrogen) atoms. The monoisotopic (exact) mass is 170 g/mol. The Morgan fingerprint density at radius 3 is 2.67 bits per heavy atom. The number of carbonyl (C=O) groups excluding carboxylic acids is 1. The first-order chi connectivity index (χ1) is 5.52. The molecule has 0 saturated heterocycles. The lowest BCUT2D eigenvalue weighted by Crippen LogP contribution is -2.51. The maximum Gasteiger partial charge on any atom is 0.263 e. The summed E-state index contributed by atoms with van der Waals surface area (Å²) in [6, 6.07) is 0. The van der Waals surface area contributed by atoms with Gasteiger partial charge in [0.1, 0.15) is 0 Å². The summed E-state index contributed by atoms with van der Waals surface area (Å²) in [5.74, 6) is -0.515. The Balaban J connectivity index is 2.94. The van der Waals surface area contributed by atoms with Crippen LogP contribution in [0.1, 0.15) is 0 Å². The fraction of sp³-hybridized carbons (Fsp3) is 0.400. The molecule has 1 rings (SSSR count). The summed E-state index contributed by atoms with van der Waals surface area (Å²) in [5, 5.41) is 0. The van der Waals surface area contributed by atoms with Crippen LogP contribution in [0.4, 0.5) is 0 Å². The Labute approximate surface area is 68.9 Å². The van der Waals surface area contributed by atoms with Gasteiger partial charge in [-0.15, -0.1) is 0 Å². The van der Waals surface area contributed by atoms with Crippen molar-refractivity contribution in [3.63, 3.8) is 0 Å². The lowest BCUT2D eigenvalue weighted by molar-refractivity contribution is -0.121. The number of rotatable bonds is 1. The summed E-state index contributed by atoms with van der Waals surface area (Å²) in [4.78, 5) is 19.4. The Hall–Kier alpha value is -1.79. The van der Waals surface area contributed by atoms with Gasteiger partial charge in [-0.25, -0.2) is 4.99 Å². The van der Waals surface area contributed by atoms with Crippen molar-refractivity contribution >= 4 is 17.8 Å². The third kappa shape index (κ3) is 1.29. The van der Waals surface area contributed by atoms with Crippen molar-refractivity contribution in [2.75, 3.05) is 7.05 Å². The average Bonchev–Trinajstić information content (AvgIpc) is 1.96. The molecule has 7 heteroatoms. The summed E-state index contributed by atoms with van der Waals surface area (Å²) in [6.07, 6.45) is -0.845. The highest BCUT2D eigenvalue weighted by atomic mass is 16.1. The maximum absolute atomic E-state index is 10.8. The Bertz CT molecular complexity index is 269. The highest BCUT2D eigenvalue weighted by Crippen LogP contribution is 2.02. The van der Waals surface area contributed by atoms with Crippen molar-refractivity contribution in [2.24, 2.45) is 27.2 Å². The summed E-state index contributed by atoms with van der Waals surface area (Å²) < 4.78 is 0. The molecule has 0 fully saturated rings. The van der Waals surface area contributed by atoms with Crippen LogP contribution in [-0.4, -0.2) is 35.9 Å². The SMILES string of the molecule is CN1C(N)=NC(N)=NC1C(N)=O. The first kappa shape index (κ1) is 8.31. The van der Waals surface area contributed by atoms with Crippen LogP contribution < -0.4 is 17.2 Å². The van der Waals surface area contributed by atoms with Gasteiger partial charge in [0.15, 0.2) is 0 Å². The summed E-state index contributed by atoms with van der Waals surface area (Å²) >= 11 is 0. The molecule has 0 spiro atoms. The molecule has 0 bridgehead atoms. The number of nitrogens with two attached hydrogens (primary N) is 3. The number of nitrogens with zero attached hydrogens (tertiary/aromatic N) is 3. The van der Waals surface area contributed by atoms with E-state index < -0.39 is 12.1 Å². The second-order valence-electron chi connectivity index (χ2n) is 2.34. The number of aliphatic imine (C=N–C) groups is 2. The van der Waals surface area contributed by atoms with E-state index in [-0.39, 0.29) is 11.9 Å². The first-order valence-corrected chi connectivity index (χ1v) is 3.22. The minimum atomic E-state index is -0.845. The van der Waals surface area contributed by atoms with Crippen LogP contribution in [0.3, 0.4) is 0 Å². The van der Waals surface area contributed by atoms with Gasteiger partial charge in [0, 0.05) is 7.05 Å². The molecule has 1 unspecified atom stereocenters. The highest BCUT2D eigenvalue weighted by Gasteiger charge is 2.24. The van der Waals surface area contributed by atoms with Crippen molar-refractivity contribution in [1.29, 1.82) is 0 Å². The van der Waals surface area contributed by atoms with Gasteiger partial charge in [-0.1, -0.05) is 0 Å². The molecule has 0 aliphatic carbocycles. The van der Waals surface area contributed by atoms with Crippen molar-refractivity contribution < 1.29 is 4.79 Å². The van der Waals surface area contributed by atoms with Gasteiger partial charge in [0.05, 0.1) is 0 Å². The van der Waals surface area contributed by atoms with Gasteiger partial charge in [-0.3, -0.25) is 4.79 Å². The fourth-order valence-corrected chi connectivity index (χ4v) is 0.817. The Kier molecular flexibility index (Phi) is 1.86. The van der Waals surface area contributed by atoms with E-state index in [9.17, 15) is 4.79 Å². The maximum atomic E-state index is 10.8. The standard InChI is InChI=1S/C5H10N6O/c1-11-3(2(6)12)9-4(7)10-5(11)8/h3H,1H3,(H2,6,12)(H4,7,8,9,10). The molecule has 0 aromatic rings. The molecule has 0 aromatic heterocycles. The number of hydrogen-bond donors (Lipinski definition) is 3. The molecule has 66 valence electrons. The normalized spacial score (nSPS) is 23.1. The molecular weight excluding hydrogens is 160 g/mol. The molecule has 1 heterocycles. The van der Waals surface area contributed by atoms with E-state index in [4.69, 9.17) is 17.2 Å². The van der Waals surface area contributed by atoms with Crippen molar-refractivity contribution in [3.8, 4) is 0 Å². The number of likely N-dealkylation sites (N-methyl/N-ethyl adjacent to an activating group) is 1. The number of guanidine groups is 2. The number of hydrogen-bond acceptors (Lipinski definition) is 6. The quantitative estimate of drug-likeness (QED) is 0.398. The van der Waals surface area contributed by atoms with Crippen LogP contribution in [0.15, 0.2) is 9.98 Å². The average molecular weight is 170 g/mol. The predicted octanol–water partition coefficient (Wildman–Crippen LogP) is -2.63. The summed E-state index contributed by atoms with van der Waals surface area (Å²) in [7, 11) is 1.56. The van der Waals surface area contributed by atoms with E-state index in [2.05, 4.69) is 9.98 Å². The Morgan fingerprint density at radius 2 is 2.17 bits per heavy atom. The largest absolute Gasteiger partial charge is 0.369 e. The summed E-state index contributed by atoms with van der Waals surface area (Å²) in [5.41, 5.74) is 15.7. The molecule has 1 aliphatic heterocycles. The molecule has 0 radical (unpaired) electrons. The second-order valence-corrected chi connectivity index (χ2v) is 2.34. The number of primary amides is 1. The van der Waals surface area contributed by atoms with Gasteiger partial charge >= 0.3 is 0 Å². The van der Waals surface area contributed by atoms with E-state index >= 15 is 0 Å². The second kappa shape index (κ2) is 2.68. The minimum absolute atomic E-state index is 0.0330. The van der Waals surface area contributed by atoms with Crippen LogP contribution in [0.5, 0.6) is 0 Å². The van der Waals surface area contributed by atoms with Crippen molar-refractivity contribution in [2.45, 2.75) is 6.17 Å². The van der Waals surface area contributed by atoms with Crippen LogP contribution in [0.25, 0.3) is 0 Å². The summed E-state index contributed by atoms with van der Waals surface area (Å²) in [6.45, 7) is 0. The molecule has 1 aliphatic rings. The lowest BCUT2D eigenvalue weighted by atomic mass is 10.4. The Morgan fingerprint density at radius 1 is 1.58 bits per heavy atom. The van der Waals surface area contributed by atoms with Gasteiger partial charge in [0.2, 0.25) is 18.1 Å². The lowest BCUT2D eigenvalue weighted by Gasteiger charge is -2.25. The first-order valence-electron chi connectivity index (χ1n) is 3.22. The molecular formula is C5H10N6O. The van der Waals surface area contributed by atoms with E-state index in [1.807, 2.05) is 0 Å². The molecule has 0 saturated carbocycles. The predicted molar refractivity (Wildman–Crippen MR) is 44.0 cm³/mol. The zero-order chi connectivity index (χ0) is 9.30. The molecule has 1 amide bonds. The minimum Gasteiger partial charge on any atom is -0.369 e. The van der Waals surface area contributed by atoms with Crippen LogP contribution in [0.2, 0.25) is 0 Å². The fourth-order valence-electron chi connectivity index (χ4n) is 0.817. The van der Waals surface area contributed by atoms with E-state index in [0.29, 0.717) is 0 Å². The third-order valence-electron chi connectivity index (χ3n) is 1.47. The van der Waals surface area contributed by atoms with E-state index in [0.717, 1.165) is 0 Å². The third-order valence-corrected chi connectivity index (χ3v) is 1.47. The van der Waals surface area contributed by atoms with E-state index in [1.54, 1.807) is 7.05 Å². The molecule has 6 N–H and O–H groups in total. The van der Waals surface area contributed by atoms with Gasteiger partial charge in [-0.2, -0.15) is 4.99 Å². The van der Waals surface area contributed by atoms with Crippen molar-refractivity contribution in [3.05, 3.63) is 0 Å². The smallest absolute Gasteiger partial charge is 0.263 e. The van der Waals surface area contributed by atoms with Crippen LogP contribution in [-0.2, 0) is 4.79 Å². The zero-order valence-electron chi connectivity index (χ0n) is 6.56. The van der Waals surface area contributed by atoms with Crippen molar-refractivity contribution in [1.82, 2.24) is 4.90 Å². The van der Waals surface area contributed by atoms with Gasteiger partial charge < -0.3 is 22.1 Å². The van der Waals surface area contributed by atoms with Gasteiger partial charge in [0.25, 0.3) is 5.91 Å². The van der Waals surface area contributed by atoms with Gasteiger partial charge in [-0.05, 0) is 0 Å². The molecule has 0 aromatic carbocycles. The van der Waals surface area contributed by atoms with Crippen LogP contribution >= 0.6 is 0 Å². The zero-order valence-corrected chi connectivity index (χ0v) is 6.56. The number of amides is 1. The highest BCUT2D eigenvalue weighted by molar-refractivity contribution is 5.99. The molecule has 1 atom stereocenters. The number of carbonyl (C=O) groups is 1. The molecule has 7 nitrogen and oxygen atoms in total. The van der Waals surface area contributed by atoms with E-state index in [1.165, 1.54) is 4.90 Å².